The van der Waals surface area contributed by atoms with Crippen molar-refractivity contribution in [2.45, 2.75) is 97.8 Å². The van der Waals surface area contributed by atoms with Crippen LogP contribution in [0.3, 0.4) is 0 Å². The van der Waals surface area contributed by atoms with E-state index in [2.05, 4.69) is 58.2 Å². The summed E-state index contributed by atoms with van der Waals surface area (Å²) in [6.45, 7) is 14.4. The summed E-state index contributed by atoms with van der Waals surface area (Å²) in [6, 6.07) is 0. The van der Waals surface area contributed by atoms with E-state index in [1.807, 2.05) is 12.2 Å². The number of hydrogen-bond acceptors (Lipinski definition) is 0. The fraction of sp³-hybridized carbons (Fsp3) is 0.615. The number of hydrogen-bond donors (Lipinski definition) is 0. The number of rotatable bonds is 17. The maximum Gasteiger partial charge on any atom is -0.0162 e. The van der Waals surface area contributed by atoms with Gasteiger partial charge in [0, 0.05) is 0 Å². The van der Waals surface area contributed by atoms with Crippen LogP contribution in [0, 0.1) is 5.92 Å². The van der Waals surface area contributed by atoms with Gasteiger partial charge in [0.05, 0.1) is 0 Å². The van der Waals surface area contributed by atoms with Crippen LogP contribution in [0.4, 0.5) is 0 Å². The van der Waals surface area contributed by atoms with Crippen molar-refractivity contribution >= 4 is 0 Å². The van der Waals surface area contributed by atoms with Crippen LogP contribution in [0.25, 0.3) is 0 Å². The second-order valence-corrected chi connectivity index (χ2v) is 7.36. The van der Waals surface area contributed by atoms with Crippen molar-refractivity contribution in [2.75, 3.05) is 0 Å². The van der Waals surface area contributed by atoms with Gasteiger partial charge < -0.3 is 0 Å². The van der Waals surface area contributed by atoms with E-state index in [0.717, 1.165) is 0 Å². The Morgan fingerprint density at radius 1 is 0.769 bits per heavy atom. The lowest BCUT2D eigenvalue weighted by Gasteiger charge is -2.18. The molecule has 0 amide bonds. The van der Waals surface area contributed by atoms with Crippen LogP contribution in [0.5, 0.6) is 0 Å². The Bertz CT molecular complexity index is 433. The monoisotopic (exact) mass is 356 g/mol. The second-order valence-electron chi connectivity index (χ2n) is 7.36. The van der Waals surface area contributed by atoms with E-state index in [-0.39, 0.29) is 0 Å². The molecule has 0 fully saturated rings. The summed E-state index contributed by atoms with van der Waals surface area (Å²) in [5, 5.41) is 0. The van der Waals surface area contributed by atoms with Crippen LogP contribution in [-0.4, -0.2) is 0 Å². The predicted octanol–water partition coefficient (Wildman–Crippen LogP) is 9.12. The van der Waals surface area contributed by atoms with Gasteiger partial charge in [0.15, 0.2) is 0 Å². The summed E-state index contributed by atoms with van der Waals surface area (Å²) in [5.74, 6) is 0.701. The minimum atomic E-state index is 0.701. The first-order valence-electron chi connectivity index (χ1n) is 11.0. The van der Waals surface area contributed by atoms with Gasteiger partial charge in [-0.25, -0.2) is 0 Å². The molecule has 0 saturated carbocycles. The summed E-state index contributed by atoms with van der Waals surface area (Å²) in [5.41, 5.74) is 3.04. The van der Waals surface area contributed by atoms with Crippen molar-refractivity contribution in [3.63, 3.8) is 0 Å². The zero-order valence-corrected chi connectivity index (χ0v) is 17.9. The highest BCUT2D eigenvalue weighted by Crippen LogP contribution is 2.27. The van der Waals surface area contributed by atoms with E-state index in [1.54, 1.807) is 5.57 Å². The predicted molar refractivity (Wildman–Crippen MR) is 122 cm³/mol. The van der Waals surface area contributed by atoms with Crippen LogP contribution in [0.2, 0.25) is 0 Å². The zero-order valence-electron chi connectivity index (χ0n) is 17.9. The van der Waals surface area contributed by atoms with Crippen LogP contribution in [-0.2, 0) is 0 Å². The van der Waals surface area contributed by atoms with Crippen molar-refractivity contribution in [1.82, 2.24) is 0 Å². The van der Waals surface area contributed by atoms with Gasteiger partial charge in [0.25, 0.3) is 0 Å². The molecule has 0 rings (SSSR count). The molecule has 0 aromatic rings. The van der Waals surface area contributed by atoms with Crippen molar-refractivity contribution in [1.29, 1.82) is 0 Å². The van der Waals surface area contributed by atoms with Gasteiger partial charge in [-0.2, -0.15) is 0 Å². The van der Waals surface area contributed by atoms with E-state index in [0.29, 0.717) is 5.92 Å². The first-order chi connectivity index (χ1) is 12.7. The van der Waals surface area contributed by atoms with Crippen molar-refractivity contribution in [2.24, 2.45) is 5.92 Å². The molecule has 148 valence electrons. The van der Waals surface area contributed by atoms with Gasteiger partial charge in [-0.3, -0.25) is 0 Å². The molecule has 0 heteroatoms. The summed E-state index contributed by atoms with van der Waals surface area (Å²) in [7, 11) is 0. The molecule has 0 aliphatic rings. The Kier molecular flexibility index (Phi) is 17.6. The molecule has 0 aliphatic carbocycles. The molecule has 1 atom stereocenters. The van der Waals surface area contributed by atoms with Gasteiger partial charge in [-0.1, -0.05) is 114 Å². The van der Waals surface area contributed by atoms with E-state index in [4.69, 9.17) is 0 Å². The van der Waals surface area contributed by atoms with E-state index in [9.17, 15) is 0 Å². The van der Waals surface area contributed by atoms with Crippen LogP contribution in [0.1, 0.15) is 97.8 Å². The molecule has 0 nitrogen and oxygen atoms in total. The summed E-state index contributed by atoms with van der Waals surface area (Å²) in [6.07, 6.45) is 28.5. The highest BCUT2D eigenvalue weighted by atomic mass is 14.2. The molecule has 1 unspecified atom stereocenters. The largest absolute Gasteiger partial charge is 0.0991 e. The van der Waals surface area contributed by atoms with Crippen molar-refractivity contribution in [3.05, 3.63) is 60.8 Å². The van der Waals surface area contributed by atoms with Gasteiger partial charge in [0.2, 0.25) is 0 Å². The highest BCUT2D eigenvalue weighted by Gasteiger charge is 2.11. The third-order valence-electron chi connectivity index (χ3n) is 5.02. The Morgan fingerprint density at radius 2 is 1.42 bits per heavy atom. The summed E-state index contributed by atoms with van der Waals surface area (Å²) >= 11 is 0. The fourth-order valence-electron chi connectivity index (χ4n) is 3.65. The molecule has 26 heavy (non-hydrogen) atoms. The number of allylic oxidation sites excluding steroid dienone is 8. The van der Waals surface area contributed by atoms with E-state index < -0.39 is 0 Å². The Morgan fingerprint density at radius 3 is 2.00 bits per heavy atom. The number of unbranched alkanes of at least 4 members (excludes halogenated alkanes) is 5. The maximum absolute atomic E-state index is 3.91. The second kappa shape index (κ2) is 18.5. The standard InChI is InChI=1S/C26H44/c1-6-11-14-22-26(25(19-9-4)20-10-5)23-16-13-12-15-21-24(17-7-2)18-8-3/h7,9-10,17,19-20,26H,2,4,6,8,11-16,18,21-23H2,1,3,5H3/b20-10-,24-17+,25-19+. The topological polar surface area (TPSA) is 0 Å². The lowest BCUT2D eigenvalue weighted by Crippen LogP contribution is -2.04. The van der Waals surface area contributed by atoms with E-state index in [1.165, 1.54) is 82.6 Å². The van der Waals surface area contributed by atoms with Gasteiger partial charge in [0.1, 0.15) is 0 Å². The summed E-state index contributed by atoms with van der Waals surface area (Å²) in [4.78, 5) is 0. The van der Waals surface area contributed by atoms with Gasteiger partial charge >= 0.3 is 0 Å². The van der Waals surface area contributed by atoms with Crippen molar-refractivity contribution in [3.8, 4) is 0 Å². The molecule has 0 aliphatic heterocycles. The summed E-state index contributed by atoms with van der Waals surface area (Å²) < 4.78 is 0. The normalized spacial score (nSPS) is 14.0. The molecule has 0 aromatic heterocycles. The van der Waals surface area contributed by atoms with Crippen LogP contribution in [0.15, 0.2) is 60.8 Å². The molecule has 0 heterocycles. The lowest BCUT2D eigenvalue weighted by atomic mass is 9.87. The average molecular weight is 357 g/mol. The minimum absolute atomic E-state index is 0.701. The molecule has 0 bridgehead atoms. The highest BCUT2D eigenvalue weighted by molar-refractivity contribution is 5.25. The maximum atomic E-state index is 3.91. The SMILES string of the molecule is C=C/C=C(\C=C/C)C(CCCCC)CCCCCC/C(=C/C=C)CCC. The van der Waals surface area contributed by atoms with Gasteiger partial charge in [-0.05, 0) is 50.5 Å². The van der Waals surface area contributed by atoms with Crippen LogP contribution < -0.4 is 0 Å². The fourth-order valence-corrected chi connectivity index (χ4v) is 3.65. The molecule has 0 N–H and O–H groups in total. The van der Waals surface area contributed by atoms with Crippen LogP contribution >= 0.6 is 0 Å². The molecule has 0 spiro atoms. The molecular weight excluding hydrogens is 312 g/mol. The first-order valence-corrected chi connectivity index (χ1v) is 11.0. The van der Waals surface area contributed by atoms with E-state index >= 15 is 0 Å². The third-order valence-corrected chi connectivity index (χ3v) is 5.02. The zero-order chi connectivity index (χ0) is 19.5. The molecule has 0 radical (unpaired) electrons. The molecular formula is C26H44. The lowest BCUT2D eigenvalue weighted by molar-refractivity contribution is 0.462. The molecule has 0 saturated heterocycles. The van der Waals surface area contributed by atoms with Gasteiger partial charge in [-0.15, -0.1) is 0 Å². The third kappa shape index (κ3) is 13.0. The minimum Gasteiger partial charge on any atom is -0.0991 e. The molecule has 0 aromatic carbocycles. The average Bonchev–Trinajstić information content (AvgIpc) is 2.63. The Hall–Kier alpha value is -1.30. The smallest absolute Gasteiger partial charge is 0.0162 e. The van der Waals surface area contributed by atoms with Crippen molar-refractivity contribution < 1.29 is 0 Å². The quantitative estimate of drug-likeness (QED) is 0.180. The Balaban J connectivity index is 4.34. The first kappa shape index (κ1) is 24.7. The Labute approximate surface area is 164 Å².